The van der Waals surface area contributed by atoms with E-state index in [-0.39, 0.29) is 23.9 Å². The Balaban J connectivity index is 2.19. The highest BCUT2D eigenvalue weighted by Gasteiger charge is 2.10. The van der Waals surface area contributed by atoms with Crippen LogP contribution in [0.1, 0.15) is 22.8 Å². The molecule has 0 saturated heterocycles. The van der Waals surface area contributed by atoms with Crippen molar-refractivity contribution in [3.05, 3.63) is 59.4 Å². The second-order valence-corrected chi connectivity index (χ2v) is 4.16. The summed E-state index contributed by atoms with van der Waals surface area (Å²) in [7, 11) is 0. The van der Waals surface area contributed by atoms with Gasteiger partial charge in [-0.25, -0.2) is 4.39 Å². The topological polar surface area (TPSA) is 46.5 Å². The zero-order valence-electron chi connectivity index (χ0n) is 10.4. The Morgan fingerprint density at radius 2 is 2.05 bits per heavy atom. The number of carbonyl (C=O) groups excluding carboxylic acids is 1. The first kappa shape index (κ1) is 13.1. The minimum atomic E-state index is -0.462. The molecule has 0 amide bonds. The summed E-state index contributed by atoms with van der Waals surface area (Å²) in [5.74, 6) is -0.315. The zero-order valence-corrected chi connectivity index (χ0v) is 10.4. The van der Waals surface area contributed by atoms with Crippen LogP contribution in [0.3, 0.4) is 0 Å². The van der Waals surface area contributed by atoms with Gasteiger partial charge in [-0.05, 0) is 36.8 Å². The van der Waals surface area contributed by atoms with Gasteiger partial charge in [-0.3, -0.25) is 4.79 Å². The Hall–Kier alpha value is -2.36. The van der Waals surface area contributed by atoms with E-state index in [4.69, 9.17) is 4.74 Å². The van der Waals surface area contributed by atoms with Gasteiger partial charge in [-0.1, -0.05) is 12.1 Å². The molecule has 1 N–H and O–H groups in total. The molecule has 2 aromatic carbocycles. The van der Waals surface area contributed by atoms with Gasteiger partial charge in [0.1, 0.15) is 23.9 Å². The first-order valence-electron chi connectivity index (χ1n) is 5.77. The maximum absolute atomic E-state index is 13.2. The molecule has 19 heavy (non-hydrogen) atoms. The average Bonchev–Trinajstić information content (AvgIpc) is 2.36. The molecular formula is C15H13FO3. The van der Waals surface area contributed by atoms with Crippen LogP contribution in [0.5, 0.6) is 11.5 Å². The van der Waals surface area contributed by atoms with Crippen LogP contribution in [0.4, 0.5) is 4.39 Å². The standard InChI is InChI=1S/C15H13FO3/c1-10(17)14-6-5-12(16)8-15(14)19-9-11-3-2-4-13(18)7-11/h2-8,18H,9H2,1H3. The van der Waals surface area contributed by atoms with E-state index in [9.17, 15) is 14.3 Å². The number of hydrogen-bond acceptors (Lipinski definition) is 3. The number of phenols is 1. The number of halogens is 1. The molecule has 0 heterocycles. The molecule has 0 aliphatic heterocycles. The predicted molar refractivity (Wildman–Crippen MR) is 68.8 cm³/mol. The predicted octanol–water partition coefficient (Wildman–Crippen LogP) is 3.31. The van der Waals surface area contributed by atoms with E-state index in [1.54, 1.807) is 24.3 Å². The van der Waals surface area contributed by atoms with Crippen molar-refractivity contribution in [1.29, 1.82) is 0 Å². The highest BCUT2D eigenvalue weighted by atomic mass is 19.1. The van der Waals surface area contributed by atoms with Crippen molar-refractivity contribution in [3.8, 4) is 11.5 Å². The monoisotopic (exact) mass is 260 g/mol. The maximum Gasteiger partial charge on any atom is 0.163 e. The third-order valence-corrected chi connectivity index (χ3v) is 2.63. The van der Waals surface area contributed by atoms with Gasteiger partial charge >= 0.3 is 0 Å². The molecule has 0 aromatic heterocycles. The summed E-state index contributed by atoms with van der Waals surface area (Å²) in [5.41, 5.74) is 1.07. The molecule has 0 atom stereocenters. The molecule has 2 aromatic rings. The smallest absolute Gasteiger partial charge is 0.163 e. The normalized spacial score (nSPS) is 10.2. The Morgan fingerprint density at radius 3 is 2.74 bits per heavy atom. The van der Waals surface area contributed by atoms with Crippen molar-refractivity contribution in [3.63, 3.8) is 0 Å². The van der Waals surface area contributed by atoms with Crippen molar-refractivity contribution < 1.29 is 19.0 Å². The molecule has 0 unspecified atom stereocenters. The summed E-state index contributed by atoms with van der Waals surface area (Å²) < 4.78 is 18.6. The van der Waals surface area contributed by atoms with E-state index in [0.717, 1.165) is 5.56 Å². The second kappa shape index (κ2) is 5.52. The van der Waals surface area contributed by atoms with Gasteiger partial charge in [0.15, 0.2) is 5.78 Å². The Morgan fingerprint density at radius 1 is 1.26 bits per heavy atom. The number of benzene rings is 2. The first-order chi connectivity index (χ1) is 9.06. The van der Waals surface area contributed by atoms with Crippen LogP contribution >= 0.6 is 0 Å². The van der Waals surface area contributed by atoms with Gasteiger partial charge in [-0.15, -0.1) is 0 Å². The highest BCUT2D eigenvalue weighted by molar-refractivity contribution is 5.96. The highest BCUT2D eigenvalue weighted by Crippen LogP contribution is 2.22. The van der Waals surface area contributed by atoms with Crippen LogP contribution in [-0.2, 0) is 6.61 Å². The van der Waals surface area contributed by atoms with Crippen LogP contribution in [0, 0.1) is 5.82 Å². The van der Waals surface area contributed by atoms with Gasteiger partial charge < -0.3 is 9.84 Å². The number of rotatable bonds is 4. The van der Waals surface area contributed by atoms with Gasteiger partial charge in [0.05, 0.1) is 5.56 Å². The number of carbonyl (C=O) groups is 1. The second-order valence-electron chi connectivity index (χ2n) is 4.16. The largest absolute Gasteiger partial charge is 0.508 e. The zero-order chi connectivity index (χ0) is 13.8. The van der Waals surface area contributed by atoms with Crippen LogP contribution < -0.4 is 4.74 Å². The van der Waals surface area contributed by atoms with Crippen LogP contribution in [-0.4, -0.2) is 10.9 Å². The molecule has 0 spiro atoms. The SMILES string of the molecule is CC(=O)c1ccc(F)cc1OCc1cccc(O)c1. The fourth-order valence-electron chi connectivity index (χ4n) is 1.71. The average molecular weight is 260 g/mol. The van der Waals surface area contributed by atoms with E-state index in [2.05, 4.69) is 0 Å². The molecule has 2 rings (SSSR count). The van der Waals surface area contributed by atoms with E-state index >= 15 is 0 Å². The van der Waals surface area contributed by atoms with Crippen molar-refractivity contribution in [2.45, 2.75) is 13.5 Å². The lowest BCUT2D eigenvalue weighted by molar-refractivity contribution is 0.101. The minimum Gasteiger partial charge on any atom is -0.508 e. The fourth-order valence-corrected chi connectivity index (χ4v) is 1.71. The molecule has 0 aliphatic rings. The molecule has 98 valence electrons. The number of phenolic OH excluding ortho intramolecular Hbond substituents is 1. The molecular weight excluding hydrogens is 247 g/mol. The molecule has 0 radical (unpaired) electrons. The van der Waals surface area contributed by atoms with E-state index in [1.165, 1.54) is 25.1 Å². The van der Waals surface area contributed by atoms with E-state index < -0.39 is 5.82 Å². The molecule has 0 aliphatic carbocycles. The van der Waals surface area contributed by atoms with Crippen LogP contribution in [0.2, 0.25) is 0 Å². The molecule has 0 saturated carbocycles. The van der Waals surface area contributed by atoms with Crippen molar-refractivity contribution in [2.24, 2.45) is 0 Å². The van der Waals surface area contributed by atoms with Gasteiger partial charge in [-0.2, -0.15) is 0 Å². The van der Waals surface area contributed by atoms with Gasteiger partial charge in [0.25, 0.3) is 0 Å². The lowest BCUT2D eigenvalue weighted by Crippen LogP contribution is -2.02. The minimum absolute atomic E-state index is 0.132. The molecule has 0 fully saturated rings. The van der Waals surface area contributed by atoms with E-state index in [0.29, 0.717) is 5.56 Å². The molecule has 4 heteroatoms. The van der Waals surface area contributed by atoms with E-state index in [1.807, 2.05) is 0 Å². The fraction of sp³-hybridized carbons (Fsp3) is 0.133. The molecule has 0 bridgehead atoms. The van der Waals surface area contributed by atoms with Gasteiger partial charge in [0.2, 0.25) is 0 Å². The van der Waals surface area contributed by atoms with Gasteiger partial charge in [0, 0.05) is 6.07 Å². The van der Waals surface area contributed by atoms with Crippen molar-refractivity contribution in [2.75, 3.05) is 0 Å². The van der Waals surface area contributed by atoms with Crippen LogP contribution in [0.25, 0.3) is 0 Å². The number of aromatic hydroxyl groups is 1. The number of Topliss-reactive ketones (excluding diaryl/α,β-unsaturated/α-hetero) is 1. The Bertz CT molecular complexity index is 608. The number of hydrogen-bond donors (Lipinski definition) is 1. The summed E-state index contributed by atoms with van der Waals surface area (Å²) in [4.78, 5) is 11.4. The van der Waals surface area contributed by atoms with Crippen molar-refractivity contribution in [1.82, 2.24) is 0 Å². The summed E-state index contributed by atoms with van der Waals surface area (Å²) in [5, 5.41) is 9.33. The summed E-state index contributed by atoms with van der Waals surface area (Å²) in [6, 6.07) is 10.4. The Labute approximate surface area is 110 Å². The maximum atomic E-state index is 13.2. The lowest BCUT2D eigenvalue weighted by Gasteiger charge is -2.10. The first-order valence-corrected chi connectivity index (χ1v) is 5.77. The summed E-state index contributed by atoms with van der Waals surface area (Å²) in [6.45, 7) is 1.55. The Kier molecular flexibility index (Phi) is 3.80. The molecule has 3 nitrogen and oxygen atoms in total. The lowest BCUT2D eigenvalue weighted by atomic mass is 10.1. The van der Waals surface area contributed by atoms with Crippen LogP contribution in [0.15, 0.2) is 42.5 Å². The number of ether oxygens (including phenoxy) is 1. The summed E-state index contributed by atoms with van der Waals surface area (Å²) in [6.07, 6.45) is 0. The third-order valence-electron chi connectivity index (χ3n) is 2.63. The summed E-state index contributed by atoms with van der Waals surface area (Å²) >= 11 is 0. The third kappa shape index (κ3) is 3.31. The van der Waals surface area contributed by atoms with Crippen molar-refractivity contribution >= 4 is 5.78 Å². The quantitative estimate of drug-likeness (QED) is 0.858. The number of ketones is 1.